The highest BCUT2D eigenvalue weighted by Crippen LogP contribution is 2.36. The highest BCUT2D eigenvalue weighted by Gasteiger charge is 2.41. The summed E-state index contributed by atoms with van der Waals surface area (Å²) in [7, 11) is 0. The number of aromatic amines is 1. The summed E-state index contributed by atoms with van der Waals surface area (Å²) in [6, 6.07) is 16.4. The van der Waals surface area contributed by atoms with E-state index in [-0.39, 0.29) is 30.1 Å². The molecule has 8 rings (SSSR count). The van der Waals surface area contributed by atoms with Crippen molar-refractivity contribution in [3.8, 4) is 11.8 Å². The van der Waals surface area contributed by atoms with Crippen LogP contribution in [0.5, 0.6) is 0 Å². The smallest absolute Gasteiger partial charge is 0.271 e. The van der Waals surface area contributed by atoms with Crippen molar-refractivity contribution in [2.45, 2.75) is 44.8 Å². The summed E-state index contributed by atoms with van der Waals surface area (Å²) in [6.45, 7) is 12.9. The van der Waals surface area contributed by atoms with Crippen LogP contribution in [-0.4, -0.2) is 62.4 Å². The van der Waals surface area contributed by atoms with Gasteiger partial charge in [0.05, 0.1) is 24.3 Å². The lowest BCUT2D eigenvalue weighted by Crippen LogP contribution is -2.52. The van der Waals surface area contributed by atoms with Gasteiger partial charge in [-0.3, -0.25) is 29.2 Å². The molecule has 3 aliphatic heterocycles. The molecule has 1 unspecified atom stereocenters. The quantitative estimate of drug-likeness (QED) is 0.142. The van der Waals surface area contributed by atoms with Crippen LogP contribution < -0.4 is 15.5 Å². The average molecular weight is 665 g/mol. The van der Waals surface area contributed by atoms with Crippen LogP contribution in [0.3, 0.4) is 0 Å². The maximum atomic E-state index is 13.5. The van der Waals surface area contributed by atoms with E-state index in [9.17, 15) is 19.2 Å². The minimum Gasteiger partial charge on any atom is -0.369 e. The molecule has 5 aromatic rings. The molecule has 0 bridgehead atoms. The van der Waals surface area contributed by atoms with E-state index in [0.717, 1.165) is 46.0 Å². The highest BCUT2D eigenvalue weighted by atomic mass is 16.2. The second-order valence-corrected chi connectivity index (χ2v) is 13.5. The number of aromatic nitrogens is 3. The van der Waals surface area contributed by atoms with Crippen LogP contribution in [0, 0.1) is 24.3 Å². The number of hydrogen-bond donors (Lipinski definition) is 3. The molecule has 3 aromatic carbocycles. The summed E-state index contributed by atoms with van der Waals surface area (Å²) >= 11 is 0. The minimum atomic E-state index is -1.01. The number of nitrogens with zero attached hydrogens (tertiary/aromatic N) is 5. The summed E-state index contributed by atoms with van der Waals surface area (Å²) in [5.41, 5.74) is 4.14. The highest BCUT2D eigenvalue weighted by molar-refractivity contribution is 6.09. The van der Waals surface area contributed by atoms with E-state index in [4.69, 9.17) is 6.57 Å². The third-order valence-corrected chi connectivity index (χ3v) is 9.93. The number of piperidine rings is 1. The normalized spacial score (nSPS) is 17.6. The zero-order valence-corrected chi connectivity index (χ0v) is 27.4. The maximum absolute atomic E-state index is 13.5. The molecule has 12 heteroatoms. The number of carbonyl (C=O) groups excluding carboxylic acids is 4. The van der Waals surface area contributed by atoms with Gasteiger partial charge in [0, 0.05) is 60.1 Å². The van der Waals surface area contributed by atoms with E-state index in [2.05, 4.69) is 48.4 Å². The van der Waals surface area contributed by atoms with Gasteiger partial charge >= 0.3 is 0 Å². The third kappa shape index (κ3) is 5.13. The van der Waals surface area contributed by atoms with Crippen LogP contribution in [0.2, 0.25) is 0 Å². The summed E-state index contributed by atoms with van der Waals surface area (Å²) in [5.74, 6) is 5.52. The van der Waals surface area contributed by atoms with Crippen molar-refractivity contribution in [2.24, 2.45) is 5.92 Å². The van der Waals surface area contributed by atoms with E-state index in [1.165, 1.54) is 0 Å². The molecule has 2 saturated heterocycles. The molecule has 1 atom stereocenters. The largest absolute Gasteiger partial charge is 0.369 e. The summed E-state index contributed by atoms with van der Waals surface area (Å²) in [4.78, 5) is 61.3. The van der Waals surface area contributed by atoms with Crippen LogP contribution in [0.4, 0.5) is 17.1 Å². The number of fused-ring (bicyclic) bond motifs is 4. The molecule has 0 saturated carbocycles. The predicted octanol–water partition coefficient (Wildman–Crippen LogP) is 4.69. The van der Waals surface area contributed by atoms with Crippen molar-refractivity contribution in [1.29, 1.82) is 0 Å². The first kappa shape index (κ1) is 30.9. The monoisotopic (exact) mass is 664 g/mol. The Morgan fingerprint density at radius 1 is 1.06 bits per heavy atom. The molecule has 2 fully saturated rings. The summed E-state index contributed by atoms with van der Waals surface area (Å²) in [6.07, 6.45) is 3.99. The molecule has 2 aromatic heterocycles. The first-order valence-electron chi connectivity index (χ1n) is 16.4. The van der Waals surface area contributed by atoms with Crippen LogP contribution in [-0.2, 0) is 26.5 Å². The molecule has 12 nitrogen and oxygen atoms in total. The van der Waals surface area contributed by atoms with Gasteiger partial charge in [0.1, 0.15) is 17.3 Å². The number of nitrogens with one attached hydrogen (secondary N) is 3. The second-order valence-electron chi connectivity index (χ2n) is 13.5. The molecule has 248 valence electrons. The molecule has 3 aliphatic rings. The van der Waals surface area contributed by atoms with Crippen LogP contribution >= 0.6 is 0 Å². The Kier molecular flexibility index (Phi) is 7.19. The van der Waals surface area contributed by atoms with Gasteiger partial charge in [-0.05, 0) is 55.3 Å². The van der Waals surface area contributed by atoms with Crippen molar-refractivity contribution >= 4 is 62.4 Å². The fourth-order valence-electron chi connectivity index (χ4n) is 6.92. The van der Waals surface area contributed by atoms with Crippen molar-refractivity contribution in [3.05, 3.63) is 95.2 Å². The Bertz CT molecular complexity index is 2380. The molecule has 50 heavy (non-hydrogen) atoms. The van der Waals surface area contributed by atoms with Gasteiger partial charge in [-0.25, -0.2) is 4.85 Å². The number of rotatable bonds is 5. The van der Waals surface area contributed by atoms with Crippen LogP contribution in [0.25, 0.3) is 26.5 Å². The van der Waals surface area contributed by atoms with Crippen LogP contribution in [0.1, 0.15) is 48.3 Å². The molecule has 0 aliphatic carbocycles. The Morgan fingerprint density at radius 2 is 1.86 bits per heavy atom. The zero-order valence-electron chi connectivity index (χ0n) is 27.4. The number of H-pyrrole nitrogens is 1. The maximum Gasteiger partial charge on any atom is 0.271 e. The van der Waals surface area contributed by atoms with Crippen LogP contribution in [0.15, 0.2) is 67.0 Å². The Labute approximate surface area is 287 Å². The molecular weight excluding hydrogens is 632 g/mol. The van der Waals surface area contributed by atoms with E-state index < -0.39 is 17.5 Å². The first-order chi connectivity index (χ1) is 24.1. The topological polar surface area (TPSA) is 137 Å². The lowest BCUT2D eigenvalue weighted by molar-refractivity contribution is -0.137. The Morgan fingerprint density at radius 3 is 2.64 bits per heavy atom. The van der Waals surface area contributed by atoms with Gasteiger partial charge in [0.25, 0.3) is 11.8 Å². The van der Waals surface area contributed by atoms with Gasteiger partial charge < -0.3 is 20.1 Å². The van der Waals surface area contributed by atoms with E-state index in [1.54, 1.807) is 48.0 Å². The fraction of sp³-hybridized carbons (Fsp3) is 0.263. The number of carbonyl (C=O) groups is 4. The van der Waals surface area contributed by atoms with Gasteiger partial charge in [0.15, 0.2) is 5.69 Å². The molecule has 3 N–H and O–H groups in total. The molecule has 5 heterocycles. The average Bonchev–Trinajstić information content (AvgIpc) is 3.80. The van der Waals surface area contributed by atoms with Crippen molar-refractivity contribution < 1.29 is 19.2 Å². The number of anilines is 2. The van der Waals surface area contributed by atoms with E-state index >= 15 is 0 Å². The minimum absolute atomic E-state index is 0.151. The third-order valence-electron chi connectivity index (χ3n) is 9.93. The number of amides is 4. The fourth-order valence-corrected chi connectivity index (χ4v) is 6.92. The van der Waals surface area contributed by atoms with E-state index in [0.29, 0.717) is 35.6 Å². The van der Waals surface area contributed by atoms with E-state index in [1.807, 2.05) is 36.4 Å². The lowest BCUT2D eigenvalue weighted by Gasteiger charge is -2.38. The number of benzene rings is 3. The molecule has 0 spiro atoms. The van der Waals surface area contributed by atoms with Crippen molar-refractivity contribution in [2.75, 3.05) is 23.3 Å². The zero-order chi connectivity index (χ0) is 34.7. The molecular formula is C38H32N8O4. The second kappa shape index (κ2) is 11.6. The van der Waals surface area contributed by atoms with Gasteiger partial charge in [0.2, 0.25) is 11.8 Å². The Balaban J connectivity index is 0.917. The predicted molar refractivity (Wildman–Crippen MR) is 187 cm³/mol. The van der Waals surface area contributed by atoms with Crippen molar-refractivity contribution in [3.63, 3.8) is 0 Å². The lowest BCUT2D eigenvalue weighted by atomic mass is 9.99. The molecule has 0 radical (unpaired) electrons. The van der Waals surface area contributed by atoms with Gasteiger partial charge in [-0.1, -0.05) is 42.2 Å². The number of hydrogen-bond acceptors (Lipinski definition) is 6. The van der Waals surface area contributed by atoms with Gasteiger partial charge in [-0.2, -0.15) is 5.10 Å². The Hall–Kier alpha value is -6.40. The first-order valence-corrected chi connectivity index (χ1v) is 16.4. The summed E-state index contributed by atoms with van der Waals surface area (Å²) < 4.78 is 1.62. The SMILES string of the molecule is [C-]#[N+]c1ccc(NC(=O)C(C)(C)n2cc(C#CC3CN(c4ccc5[nH]c6c(c5c4)CN(C4CCC(=O)NC4=O)C6=O)C3)cn2)c2ccccc12. The van der Waals surface area contributed by atoms with Crippen molar-refractivity contribution in [1.82, 2.24) is 25.0 Å². The summed E-state index contributed by atoms with van der Waals surface area (Å²) in [5, 5.41) is 12.4. The van der Waals surface area contributed by atoms with Gasteiger partial charge in [-0.15, -0.1) is 0 Å². The standard InChI is InChI=1S/C38H32N8O4/c1-38(2,37(50)42-30-13-12-29(39-3)25-6-4-5-7-26(25)30)46-20-22(17-40-46)8-9-23-18-44(19-23)24-10-11-31-27(16-24)28-21-45(36(49)34(28)41-31)32-14-15-33(47)43-35(32)48/h4-7,10-13,16-17,20,23,32,41H,14-15,18-19,21H2,1-2H3,(H,42,50)(H,43,47,48). The number of imide groups is 1. The molecule has 4 amide bonds.